The highest BCUT2D eigenvalue weighted by atomic mass is 16.5. The van der Waals surface area contributed by atoms with E-state index < -0.39 is 5.91 Å². The van der Waals surface area contributed by atoms with Crippen molar-refractivity contribution in [2.75, 3.05) is 17.3 Å². The molecule has 168 valence electrons. The van der Waals surface area contributed by atoms with E-state index in [9.17, 15) is 9.59 Å². The third-order valence-electron chi connectivity index (χ3n) is 6.10. The largest absolute Gasteiger partial charge is 0.497 e. The van der Waals surface area contributed by atoms with Crippen LogP contribution in [0, 0.1) is 13.8 Å². The summed E-state index contributed by atoms with van der Waals surface area (Å²) in [4.78, 5) is 28.8. The van der Waals surface area contributed by atoms with Crippen molar-refractivity contribution in [3.05, 3.63) is 107 Å². The van der Waals surface area contributed by atoms with Crippen LogP contribution >= 0.6 is 0 Å². The summed E-state index contributed by atoms with van der Waals surface area (Å²) in [5.74, 6) is -0.198. The predicted molar refractivity (Wildman–Crippen MR) is 136 cm³/mol. The second-order valence-electron chi connectivity index (χ2n) is 8.37. The van der Waals surface area contributed by atoms with Crippen molar-refractivity contribution in [3.8, 4) is 5.75 Å². The number of nitrogens with one attached hydrogen (secondary N) is 1. The van der Waals surface area contributed by atoms with Gasteiger partial charge in [0.1, 0.15) is 11.4 Å². The van der Waals surface area contributed by atoms with Crippen LogP contribution in [0.2, 0.25) is 0 Å². The first-order chi connectivity index (χ1) is 16.5. The first kappa shape index (κ1) is 21.5. The van der Waals surface area contributed by atoms with Crippen molar-refractivity contribution >= 4 is 39.5 Å². The standard InChI is InChI=1S/C29H24N2O3/c1-18-14-15-23(19(2)16-18)26-27(30-25-13-6-9-20-8-4-5-12-24(20)25)29(33)31(28(26)32)21-10-7-11-22(17-21)34-3/h4-17,30H,1-3H3. The molecule has 0 aromatic heterocycles. The molecule has 0 bridgehead atoms. The first-order valence-corrected chi connectivity index (χ1v) is 11.1. The Morgan fingerprint density at radius 3 is 2.35 bits per heavy atom. The van der Waals surface area contributed by atoms with Crippen LogP contribution in [0.15, 0.2) is 90.6 Å². The molecule has 0 unspecified atom stereocenters. The molecule has 5 rings (SSSR count). The van der Waals surface area contributed by atoms with Crippen molar-refractivity contribution in [1.29, 1.82) is 0 Å². The van der Waals surface area contributed by atoms with E-state index in [1.165, 1.54) is 4.90 Å². The number of aryl methyl sites for hydroxylation is 2. The summed E-state index contributed by atoms with van der Waals surface area (Å²) < 4.78 is 5.32. The third-order valence-corrected chi connectivity index (χ3v) is 6.10. The third kappa shape index (κ3) is 3.61. The van der Waals surface area contributed by atoms with Crippen LogP contribution in [0.4, 0.5) is 11.4 Å². The molecule has 0 fully saturated rings. The summed E-state index contributed by atoms with van der Waals surface area (Å²) in [6, 6.07) is 26.7. The van der Waals surface area contributed by atoms with E-state index in [0.717, 1.165) is 33.2 Å². The van der Waals surface area contributed by atoms with Crippen LogP contribution in [0.1, 0.15) is 16.7 Å². The molecule has 1 aliphatic rings. The zero-order valence-electron chi connectivity index (χ0n) is 19.3. The highest BCUT2D eigenvalue weighted by molar-refractivity contribution is 6.46. The summed E-state index contributed by atoms with van der Waals surface area (Å²) in [5, 5.41) is 5.33. The van der Waals surface area contributed by atoms with Gasteiger partial charge < -0.3 is 10.1 Å². The summed E-state index contributed by atoms with van der Waals surface area (Å²) in [6.45, 7) is 3.96. The molecule has 4 aromatic rings. The van der Waals surface area contributed by atoms with Crippen molar-refractivity contribution in [2.45, 2.75) is 13.8 Å². The zero-order valence-corrected chi connectivity index (χ0v) is 19.3. The Kier molecular flexibility index (Phi) is 5.38. The monoisotopic (exact) mass is 448 g/mol. The minimum absolute atomic E-state index is 0.260. The van der Waals surface area contributed by atoms with E-state index in [-0.39, 0.29) is 11.6 Å². The topological polar surface area (TPSA) is 58.6 Å². The molecule has 1 heterocycles. The number of fused-ring (bicyclic) bond motifs is 1. The van der Waals surface area contributed by atoms with E-state index in [2.05, 4.69) is 5.32 Å². The van der Waals surface area contributed by atoms with Gasteiger partial charge in [-0.05, 0) is 48.6 Å². The van der Waals surface area contributed by atoms with Crippen molar-refractivity contribution in [2.24, 2.45) is 0 Å². The van der Waals surface area contributed by atoms with Gasteiger partial charge in [-0.15, -0.1) is 0 Å². The van der Waals surface area contributed by atoms with Crippen LogP contribution in [0.3, 0.4) is 0 Å². The number of hydrogen-bond donors (Lipinski definition) is 1. The Bertz CT molecular complexity index is 1480. The van der Waals surface area contributed by atoms with E-state index >= 15 is 0 Å². The lowest BCUT2D eigenvalue weighted by Crippen LogP contribution is -2.32. The molecule has 0 aliphatic carbocycles. The predicted octanol–water partition coefficient (Wildman–Crippen LogP) is 5.86. The number of carbonyl (C=O) groups excluding carboxylic acids is 2. The number of imide groups is 1. The number of rotatable bonds is 5. The first-order valence-electron chi connectivity index (χ1n) is 11.1. The van der Waals surface area contributed by atoms with Crippen LogP contribution < -0.4 is 15.0 Å². The van der Waals surface area contributed by atoms with Gasteiger partial charge >= 0.3 is 0 Å². The Morgan fingerprint density at radius 2 is 1.56 bits per heavy atom. The lowest BCUT2D eigenvalue weighted by molar-refractivity contribution is -0.120. The normalized spacial score (nSPS) is 13.7. The molecular formula is C29H24N2O3. The van der Waals surface area contributed by atoms with Crippen LogP contribution in [-0.2, 0) is 9.59 Å². The van der Waals surface area contributed by atoms with Gasteiger partial charge in [-0.2, -0.15) is 0 Å². The van der Waals surface area contributed by atoms with Gasteiger partial charge in [0.25, 0.3) is 11.8 Å². The summed E-state index contributed by atoms with van der Waals surface area (Å²) in [6.07, 6.45) is 0. The maximum atomic E-state index is 13.8. The highest BCUT2D eigenvalue weighted by Gasteiger charge is 2.41. The minimum Gasteiger partial charge on any atom is -0.497 e. The second kappa shape index (κ2) is 8.52. The number of amides is 2. The molecule has 0 radical (unpaired) electrons. The van der Waals surface area contributed by atoms with Gasteiger partial charge in [0.05, 0.1) is 18.4 Å². The number of nitrogens with zero attached hydrogens (tertiary/aromatic N) is 1. The van der Waals surface area contributed by atoms with Crippen molar-refractivity contribution < 1.29 is 14.3 Å². The minimum atomic E-state index is -0.402. The number of carbonyl (C=O) groups is 2. The van der Waals surface area contributed by atoms with E-state index in [0.29, 0.717) is 17.0 Å². The molecule has 5 heteroatoms. The number of ether oxygens (including phenoxy) is 1. The molecule has 4 aromatic carbocycles. The van der Waals surface area contributed by atoms with Gasteiger partial charge in [0.2, 0.25) is 0 Å². The van der Waals surface area contributed by atoms with Gasteiger partial charge in [0, 0.05) is 17.1 Å². The fourth-order valence-electron chi connectivity index (χ4n) is 4.44. The fourth-order valence-corrected chi connectivity index (χ4v) is 4.44. The fraction of sp³-hybridized carbons (Fsp3) is 0.103. The number of methoxy groups -OCH3 is 1. The van der Waals surface area contributed by atoms with E-state index in [4.69, 9.17) is 4.74 Å². The van der Waals surface area contributed by atoms with Gasteiger partial charge in [-0.1, -0.05) is 66.2 Å². The molecule has 0 spiro atoms. The van der Waals surface area contributed by atoms with E-state index in [1.54, 1.807) is 31.4 Å². The van der Waals surface area contributed by atoms with Crippen molar-refractivity contribution in [1.82, 2.24) is 0 Å². The Hall–Kier alpha value is -4.38. The zero-order chi connectivity index (χ0) is 23.8. The van der Waals surface area contributed by atoms with Crippen molar-refractivity contribution in [3.63, 3.8) is 0 Å². The Labute approximate surface area is 198 Å². The second-order valence-corrected chi connectivity index (χ2v) is 8.37. The molecule has 0 saturated carbocycles. The maximum Gasteiger partial charge on any atom is 0.282 e. The van der Waals surface area contributed by atoms with Gasteiger partial charge in [-0.3, -0.25) is 9.59 Å². The summed E-state index contributed by atoms with van der Waals surface area (Å²) in [5.41, 5.74) is 4.61. The molecule has 0 saturated heterocycles. The lowest BCUT2D eigenvalue weighted by atomic mass is 9.97. The summed E-state index contributed by atoms with van der Waals surface area (Å²) in [7, 11) is 1.56. The highest BCUT2D eigenvalue weighted by Crippen LogP contribution is 2.37. The maximum absolute atomic E-state index is 13.8. The number of anilines is 2. The average molecular weight is 449 g/mol. The Morgan fingerprint density at radius 1 is 0.794 bits per heavy atom. The molecule has 2 amide bonds. The molecule has 34 heavy (non-hydrogen) atoms. The Balaban J connectivity index is 1.68. The average Bonchev–Trinajstić information content (AvgIpc) is 3.08. The number of benzene rings is 4. The van der Waals surface area contributed by atoms with Crippen LogP contribution in [0.5, 0.6) is 5.75 Å². The molecule has 1 aliphatic heterocycles. The molecule has 5 nitrogen and oxygen atoms in total. The van der Waals surface area contributed by atoms with Gasteiger partial charge in [0.15, 0.2) is 0 Å². The van der Waals surface area contributed by atoms with E-state index in [1.807, 2.05) is 74.5 Å². The number of hydrogen-bond acceptors (Lipinski definition) is 4. The smallest absolute Gasteiger partial charge is 0.282 e. The van der Waals surface area contributed by atoms with Crippen LogP contribution in [0.25, 0.3) is 16.3 Å². The lowest BCUT2D eigenvalue weighted by Gasteiger charge is -2.16. The quantitative estimate of drug-likeness (QED) is 0.389. The molecule has 1 N–H and O–H groups in total. The summed E-state index contributed by atoms with van der Waals surface area (Å²) >= 11 is 0. The van der Waals surface area contributed by atoms with Crippen LogP contribution in [-0.4, -0.2) is 18.9 Å². The molecule has 0 atom stereocenters. The SMILES string of the molecule is COc1cccc(N2C(=O)C(Nc3cccc4ccccc34)=C(c3ccc(C)cc3C)C2=O)c1. The molecular weight excluding hydrogens is 424 g/mol. The van der Waals surface area contributed by atoms with Gasteiger partial charge in [-0.25, -0.2) is 4.90 Å².